The molecule has 3 heterocycles. The van der Waals surface area contributed by atoms with Crippen molar-refractivity contribution in [3.63, 3.8) is 0 Å². The lowest BCUT2D eigenvalue weighted by Gasteiger charge is -2.29. The lowest BCUT2D eigenvalue weighted by atomic mass is 9.98. The normalized spacial score (nSPS) is 17.7. The van der Waals surface area contributed by atoms with E-state index in [4.69, 9.17) is 4.74 Å². The maximum Gasteiger partial charge on any atom is 0.255 e. The fraction of sp³-hybridized carbons (Fsp3) is 0.333. The van der Waals surface area contributed by atoms with E-state index < -0.39 is 6.04 Å². The molecule has 7 nitrogen and oxygen atoms in total. The summed E-state index contributed by atoms with van der Waals surface area (Å²) in [5.41, 5.74) is 3.80. The summed E-state index contributed by atoms with van der Waals surface area (Å²) in [6.07, 6.45) is 6.21. The van der Waals surface area contributed by atoms with Crippen molar-refractivity contribution in [1.82, 2.24) is 15.2 Å². The van der Waals surface area contributed by atoms with Crippen molar-refractivity contribution in [1.29, 1.82) is 0 Å². The first kappa shape index (κ1) is 22.1. The van der Waals surface area contributed by atoms with Gasteiger partial charge in [-0.2, -0.15) is 0 Å². The SMILES string of the molecule is O=C1CCC(N2Cc3c(CCCCCOc4cnc5ccccc5c4)cccc3C2=O)C(=O)N1. The Hall–Kier alpha value is -3.74. The van der Waals surface area contributed by atoms with Crippen LogP contribution in [0.1, 0.15) is 53.6 Å². The van der Waals surface area contributed by atoms with E-state index in [-0.39, 0.29) is 24.1 Å². The van der Waals surface area contributed by atoms with Gasteiger partial charge in [-0.1, -0.05) is 30.3 Å². The zero-order valence-corrected chi connectivity index (χ0v) is 19.0. The first-order valence-electron chi connectivity index (χ1n) is 11.8. The number of hydrogen-bond acceptors (Lipinski definition) is 5. The molecule has 2 aliphatic heterocycles. The maximum absolute atomic E-state index is 12.9. The highest BCUT2D eigenvalue weighted by Gasteiger charge is 2.39. The molecule has 34 heavy (non-hydrogen) atoms. The molecule has 1 saturated heterocycles. The molecular weight excluding hydrogens is 430 g/mol. The van der Waals surface area contributed by atoms with Gasteiger partial charge in [0.1, 0.15) is 11.8 Å². The molecule has 2 aliphatic rings. The van der Waals surface area contributed by atoms with Crippen LogP contribution >= 0.6 is 0 Å². The van der Waals surface area contributed by atoms with Crippen molar-refractivity contribution in [3.05, 3.63) is 71.4 Å². The van der Waals surface area contributed by atoms with Crippen molar-refractivity contribution in [3.8, 4) is 5.75 Å². The minimum atomic E-state index is -0.577. The zero-order chi connectivity index (χ0) is 23.5. The predicted octanol–water partition coefficient (Wildman–Crippen LogP) is 3.79. The molecule has 174 valence electrons. The molecule has 1 aromatic heterocycles. The third-order valence-corrected chi connectivity index (χ3v) is 6.60. The first-order valence-corrected chi connectivity index (χ1v) is 11.8. The van der Waals surface area contributed by atoms with Gasteiger partial charge < -0.3 is 9.64 Å². The third-order valence-electron chi connectivity index (χ3n) is 6.60. The number of para-hydroxylation sites is 1. The molecule has 1 fully saturated rings. The standard InChI is InChI=1S/C27H27N3O4/c31-25-13-12-24(26(32)29-25)30-17-22-18(9-6-10-21(22)27(30)33)7-2-1-5-14-34-20-15-19-8-3-4-11-23(19)28-16-20/h3-4,6,8-11,15-16,24H,1-2,5,7,12-14,17H2,(H,29,31,32). The average Bonchev–Trinajstić information content (AvgIpc) is 3.18. The number of ether oxygens (including phenoxy) is 1. The van der Waals surface area contributed by atoms with Crippen LogP contribution in [-0.4, -0.2) is 40.3 Å². The van der Waals surface area contributed by atoms with E-state index in [0.29, 0.717) is 25.1 Å². The van der Waals surface area contributed by atoms with Crippen LogP contribution in [0.3, 0.4) is 0 Å². The van der Waals surface area contributed by atoms with Gasteiger partial charge in [0.25, 0.3) is 5.91 Å². The second-order valence-corrected chi connectivity index (χ2v) is 8.87. The lowest BCUT2D eigenvalue weighted by molar-refractivity contribution is -0.136. The molecule has 1 atom stereocenters. The summed E-state index contributed by atoms with van der Waals surface area (Å²) < 4.78 is 5.88. The van der Waals surface area contributed by atoms with Crippen molar-refractivity contribution >= 4 is 28.6 Å². The summed E-state index contributed by atoms with van der Waals surface area (Å²) in [6, 6.07) is 15.2. The van der Waals surface area contributed by atoms with Gasteiger partial charge in [0.15, 0.2) is 0 Å². The van der Waals surface area contributed by atoms with Crippen molar-refractivity contribution in [2.45, 2.75) is 51.1 Å². The summed E-state index contributed by atoms with van der Waals surface area (Å²) in [7, 11) is 0. The van der Waals surface area contributed by atoms with E-state index >= 15 is 0 Å². The quantitative estimate of drug-likeness (QED) is 0.411. The van der Waals surface area contributed by atoms with Gasteiger partial charge in [0.2, 0.25) is 11.8 Å². The Morgan fingerprint density at radius 2 is 1.91 bits per heavy atom. The monoisotopic (exact) mass is 457 g/mol. The number of hydrogen-bond donors (Lipinski definition) is 1. The molecule has 3 aromatic rings. The van der Waals surface area contributed by atoms with E-state index in [2.05, 4.69) is 16.4 Å². The smallest absolute Gasteiger partial charge is 0.255 e. The van der Waals surface area contributed by atoms with Crippen LogP contribution in [0.4, 0.5) is 0 Å². The summed E-state index contributed by atoms with van der Waals surface area (Å²) in [5, 5.41) is 3.42. The van der Waals surface area contributed by atoms with Gasteiger partial charge in [-0.15, -0.1) is 0 Å². The Bertz CT molecular complexity index is 1260. The van der Waals surface area contributed by atoms with Gasteiger partial charge in [-0.05, 0) is 61.4 Å². The maximum atomic E-state index is 12.9. The first-order chi connectivity index (χ1) is 16.6. The molecule has 7 heteroatoms. The van der Waals surface area contributed by atoms with Gasteiger partial charge in [-0.3, -0.25) is 24.7 Å². The molecule has 0 saturated carbocycles. The fourth-order valence-corrected chi connectivity index (χ4v) is 4.80. The Morgan fingerprint density at radius 1 is 1.03 bits per heavy atom. The van der Waals surface area contributed by atoms with E-state index in [1.54, 1.807) is 11.1 Å². The number of pyridine rings is 1. The van der Waals surface area contributed by atoms with E-state index in [0.717, 1.165) is 53.5 Å². The number of nitrogens with one attached hydrogen (secondary N) is 1. The molecule has 1 N–H and O–H groups in total. The molecule has 1 unspecified atom stereocenters. The second-order valence-electron chi connectivity index (χ2n) is 8.87. The number of carbonyl (C=O) groups is 3. The fourth-order valence-electron chi connectivity index (χ4n) is 4.80. The van der Waals surface area contributed by atoms with Crippen molar-refractivity contribution in [2.24, 2.45) is 0 Å². The number of aryl methyl sites for hydroxylation is 1. The minimum Gasteiger partial charge on any atom is -0.492 e. The Balaban J connectivity index is 1.12. The predicted molar refractivity (Wildman–Crippen MR) is 127 cm³/mol. The minimum absolute atomic E-state index is 0.122. The molecule has 0 bridgehead atoms. The molecule has 0 aliphatic carbocycles. The number of fused-ring (bicyclic) bond motifs is 2. The van der Waals surface area contributed by atoms with Crippen molar-refractivity contribution < 1.29 is 19.1 Å². The molecule has 0 spiro atoms. The van der Waals surface area contributed by atoms with Crippen LogP contribution in [0.2, 0.25) is 0 Å². The average molecular weight is 458 g/mol. The molecule has 3 amide bonds. The van der Waals surface area contributed by atoms with Gasteiger partial charge in [0, 0.05) is 23.9 Å². The molecule has 0 radical (unpaired) electrons. The van der Waals surface area contributed by atoms with Gasteiger partial charge in [0.05, 0.1) is 18.3 Å². The highest BCUT2D eigenvalue weighted by Crippen LogP contribution is 2.30. The van der Waals surface area contributed by atoms with Crippen LogP contribution < -0.4 is 10.1 Å². The number of aromatic nitrogens is 1. The van der Waals surface area contributed by atoms with Crippen molar-refractivity contribution in [2.75, 3.05) is 6.61 Å². The highest BCUT2D eigenvalue weighted by atomic mass is 16.5. The number of piperidine rings is 1. The van der Waals surface area contributed by atoms with E-state index in [1.165, 1.54) is 0 Å². The van der Waals surface area contributed by atoms with Crippen LogP contribution in [0.5, 0.6) is 5.75 Å². The van der Waals surface area contributed by atoms with Crippen LogP contribution in [0.25, 0.3) is 10.9 Å². The van der Waals surface area contributed by atoms with E-state index in [9.17, 15) is 14.4 Å². The number of rotatable bonds is 8. The van der Waals surface area contributed by atoms with E-state index in [1.807, 2.05) is 42.5 Å². The number of unbranched alkanes of at least 4 members (excludes halogenated alkanes) is 2. The largest absolute Gasteiger partial charge is 0.492 e. The third kappa shape index (κ3) is 4.51. The van der Waals surface area contributed by atoms with Crippen LogP contribution in [0.15, 0.2) is 54.7 Å². The number of imide groups is 1. The Labute approximate surface area is 198 Å². The summed E-state index contributed by atoms with van der Waals surface area (Å²) in [6.45, 7) is 1.06. The summed E-state index contributed by atoms with van der Waals surface area (Å²) in [5.74, 6) is 0.0166. The molecular formula is C27H27N3O4. The van der Waals surface area contributed by atoms with Gasteiger partial charge >= 0.3 is 0 Å². The summed E-state index contributed by atoms with van der Waals surface area (Å²) >= 11 is 0. The molecule has 5 rings (SSSR count). The number of benzene rings is 2. The number of nitrogens with zero attached hydrogens (tertiary/aromatic N) is 2. The number of amides is 3. The van der Waals surface area contributed by atoms with Crippen LogP contribution in [-0.2, 0) is 22.6 Å². The Kier molecular flexibility index (Phi) is 6.25. The summed E-state index contributed by atoms with van der Waals surface area (Å²) in [4.78, 5) is 42.7. The topological polar surface area (TPSA) is 88.6 Å². The second kappa shape index (κ2) is 9.63. The van der Waals surface area contributed by atoms with Crippen LogP contribution in [0, 0.1) is 0 Å². The highest BCUT2D eigenvalue weighted by molar-refractivity contribution is 6.05. The Morgan fingerprint density at radius 3 is 2.79 bits per heavy atom. The van der Waals surface area contributed by atoms with Gasteiger partial charge in [-0.25, -0.2) is 0 Å². The number of carbonyl (C=O) groups excluding carboxylic acids is 3. The zero-order valence-electron chi connectivity index (χ0n) is 19.0. The lowest BCUT2D eigenvalue weighted by Crippen LogP contribution is -2.52. The molecule has 2 aromatic carbocycles.